The first-order valence-corrected chi connectivity index (χ1v) is 12.4. The molecule has 5 atom stereocenters. The SMILES string of the molecule is CC(=O)OC[C@H]1O[C@@H](OC(=O)/C=C/c2ccc(OC(C)=O)c(OC(C)=O)c2)[C@H](OC(C)=O)[C@@H](OC(C)=O)[C@@H]1OC(C)=O. The van der Waals surface area contributed by atoms with Crippen LogP contribution in [-0.2, 0) is 62.0 Å². The van der Waals surface area contributed by atoms with Crippen LogP contribution in [0.4, 0.5) is 0 Å². The third-order valence-corrected chi connectivity index (χ3v) is 5.07. The predicted molar refractivity (Wildman–Crippen MR) is 136 cm³/mol. The van der Waals surface area contributed by atoms with E-state index in [4.69, 9.17) is 37.9 Å². The molecule has 0 radical (unpaired) electrons. The third-order valence-electron chi connectivity index (χ3n) is 5.07. The molecule has 15 heteroatoms. The van der Waals surface area contributed by atoms with Crippen LogP contribution in [0.1, 0.15) is 47.1 Å². The zero-order valence-corrected chi connectivity index (χ0v) is 23.6. The number of benzene rings is 1. The molecule has 0 unspecified atom stereocenters. The van der Waals surface area contributed by atoms with Gasteiger partial charge in [-0.2, -0.15) is 0 Å². The van der Waals surface area contributed by atoms with Crippen molar-refractivity contribution in [3.63, 3.8) is 0 Å². The van der Waals surface area contributed by atoms with E-state index in [9.17, 15) is 33.6 Å². The van der Waals surface area contributed by atoms with Gasteiger partial charge in [0.05, 0.1) is 0 Å². The number of carbonyl (C=O) groups is 7. The van der Waals surface area contributed by atoms with Crippen LogP contribution in [0, 0.1) is 0 Å². The zero-order chi connectivity index (χ0) is 31.6. The number of rotatable bonds is 10. The molecule has 42 heavy (non-hydrogen) atoms. The minimum absolute atomic E-state index is 0.0325. The summed E-state index contributed by atoms with van der Waals surface area (Å²) in [6, 6.07) is 4.10. The summed E-state index contributed by atoms with van der Waals surface area (Å²) in [6.07, 6.45) is -5.35. The Hall–Kier alpha value is -4.79. The molecule has 1 saturated heterocycles. The summed E-state index contributed by atoms with van der Waals surface area (Å²) < 4.78 is 41.8. The van der Waals surface area contributed by atoms with E-state index >= 15 is 0 Å². The van der Waals surface area contributed by atoms with Crippen LogP contribution >= 0.6 is 0 Å². The van der Waals surface area contributed by atoms with Crippen LogP contribution in [0.25, 0.3) is 6.08 Å². The Morgan fingerprint density at radius 2 is 1.21 bits per heavy atom. The van der Waals surface area contributed by atoms with E-state index in [1.165, 1.54) is 24.3 Å². The molecule has 1 aliphatic rings. The Balaban J connectivity index is 2.38. The van der Waals surface area contributed by atoms with Crippen LogP contribution in [-0.4, -0.2) is 79.1 Å². The van der Waals surface area contributed by atoms with Crippen molar-refractivity contribution in [3.8, 4) is 11.5 Å². The first-order valence-electron chi connectivity index (χ1n) is 12.4. The molecular formula is C27H30O15. The van der Waals surface area contributed by atoms with E-state index < -0.39 is 79.1 Å². The number of carbonyl (C=O) groups excluding carboxylic acids is 7. The molecule has 1 aromatic rings. The van der Waals surface area contributed by atoms with Gasteiger partial charge in [0.2, 0.25) is 12.4 Å². The molecule has 1 aliphatic heterocycles. The molecule has 0 aliphatic carbocycles. The van der Waals surface area contributed by atoms with Gasteiger partial charge < -0.3 is 37.9 Å². The van der Waals surface area contributed by atoms with Gasteiger partial charge >= 0.3 is 41.8 Å². The van der Waals surface area contributed by atoms with Crippen molar-refractivity contribution < 1.29 is 71.5 Å². The summed E-state index contributed by atoms with van der Waals surface area (Å²) in [4.78, 5) is 82.6. The van der Waals surface area contributed by atoms with Gasteiger partial charge in [-0.1, -0.05) is 6.07 Å². The van der Waals surface area contributed by atoms with Crippen molar-refractivity contribution in [1.29, 1.82) is 0 Å². The summed E-state index contributed by atoms with van der Waals surface area (Å²) in [5.74, 6) is -5.75. The molecule has 0 saturated carbocycles. The largest absolute Gasteiger partial charge is 0.463 e. The quantitative estimate of drug-likeness (QED) is 0.162. The van der Waals surface area contributed by atoms with Gasteiger partial charge in [-0.3, -0.25) is 28.8 Å². The van der Waals surface area contributed by atoms with E-state index in [1.807, 2.05) is 0 Å². The van der Waals surface area contributed by atoms with Gasteiger partial charge in [0.1, 0.15) is 12.7 Å². The fourth-order valence-electron chi connectivity index (χ4n) is 3.70. The lowest BCUT2D eigenvalue weighted by Gasteiger charge is -2.43. The lowest BCUT2D eigenvalue weighted by atomic mass is 9.98. The lowest BCUT2D eigenvalue weighted by molar-refractivity contribution is -0.299. The Morgan fingerprint density at radius 3 is 1.76 bits per heavy atom. The number of ether oxygens (including phenoxy) is 8. The number of hydrogen-bond donors (Lipinski definition) is 0. The number of hydrogen-bond acceptors (Lipinski definition) is 15. The van der Waals surface area contributed by atoms with Crippen molar-refractivity contribution >= 4 is 47.9 Å². The fraction of sp³-hybridized carbons (Fsp3) is 0.444. The standard InChI is InChI=1S/C27H30O15/c1-13(28)35-12-22-24(38-16(4)31)25(39-17(5)32)26(40-18(6)33)27(41-22)42-23(34)10-8-19-7-9-20(36-14(2)29)21(11-19)37-15(3)30/h7-11,22,24-27H,12H2,1-6H3/b10-8+/t22-,24-,25+,26-,27+/m1/s1. The molecule has 0 aromatic heterocycles. The second-order valence-electron chi connectivity index (χ2n) is 8.73. The molecule has 2 rings (SSSR count). The topological polar surface area (TPSA) is 193 Å². The maximum atomic E-state index is 12.8. The van der Waals surface area contributed by atoms with Crippen molar-refractivity contribution in [2.75, 3.05) is 6.61 Å². The van der Waals surface area contributed by atoms with Crippen LogP contribution in [0.3, 0.4) is 0 Å². The van der Waals surface area contributed by atoms with Gasteiger partial charge in [-0.25, -0.2) is 4.79 Å². The second kappa shape index (κ2) is 15.3. The van der Waals surface area contributed by atoms with Crippen LogP contribution < -0.4 is 9.47 Å². The van der Waals surface area contributed by atoms with Crippen molar-refractivity contribution in [1.82, 2.24) is 0 Å². The third kappa shape index (κ3) is 10.6. The smallest absolute Gasteiger partial charge is 0.333 e. The maximum absolute atomic E-state index is 12.8. The van der Waals surface area contributed by atoms with Gasteiger partial charge in [0.25, 0.3) is 0 Å². The van der Waals surface area contributed by atoms with Crippen molar-refractivity contribution in [2.24, 2.45) is 0 Å². The number of esters is 7. The lowest BCUT2D eigenvalue weighted by Crippen LogP contribution is -2.63. The summed E-state index contributed by atoms with van der Waals surface area (Å²) >= 11 is 0. The summed E-state index contributed by atoms with van der Waals surface area (Å²) in [5.41, 5.74) is 0.320. The van der Waals surface area contributed by atoms with Gasteiger partial charge in [0, 0.05) is 47.6 Å². The maximum Gasteiger partial charge on any atom is 0.333 e. The van der Waals surface area contributed by atoms with E-state index in [-0.39, 0.29) is 11.5 Å². The zero-order valence-electron chi connectivity index (χ0n) is 23.6. The highest BCUT2D eigenvalue weighted by Gasteiger charge is 2.53. The Bertz CT molecular complexity index is 1250. The van der Waals surface area contributed by atoms with Gasteiger partial charge in [0.15, 0.2) is 23.7 Å². The molecular weight excluding hydrogens is 564 g/mol. The van der Waals surface area contributed by atoms with Gasteiger partial charge in [-0.15, -0.1) is 0 Å². The molecule has 0 spiro atoms. The molecule has 0 amide bonds. The van der Waals surface area contributed by atoms with Gasteiger partial charge in [-0.05, 0) is 23.8 Å². The average molecular weight is 595 g/mol. The molecule has 228 valence electrons. The second-order valence-corrected chi connectivity index (χ2v) is 8.73. The molecule has 1 aromatic carbocycles. The van der Waals surface area contributed by atoms with Crippen LogP contribution in [0.5, 0.6) is 11.5 Å². The summed E-state index contributed by atoms with van der Waals surface area (Å²) in [7, 11) is 0. The van der Waals surface area contributed by atoms with E-state index in [0.717, 1.165) is 47.6 Å². The average Bonchev–Trinajstić information content (AvgIpc) is 2.85. The van der Waals surface area contributed by atoms with Crippen molar-refractivity contribution in [3.05, 3.63) is 29.8 Å². The minimum atomic E-state index is -1.72. The van der Waals surface area contributed by atoms with Crippen molar-refractivity contribution in [2.45, 2.75) is 72.2 Å². The molecule has 0 N–H and O–H groups in total. The first-order chi connectivity index (χ1) is 19.7. The molecule has 0 bridgehead atoms. The normalized spacial score (nSPS) is 21.4. The Kier molecular flexibility index (Phi) is 12.2. The highest BCUT2D eigenvalue weighted by Crippen LogP contribution is 2.31. The fourth-order valence-corrected chi connectivity index (χ4v) is 3.70. The minimum Gasteiger partial charge on any atom is -0.463 e. The summed E-state index contributed by atoms with van der Waals surface area (Å²) in [6.45, 7) is 6.07. The molecule has 15 nitrogen and oxygen atoms in total. The summed E-state index contributed by atoms with van der Waals surface area (Å²) in [5, 5.41) is 0. The molecule has 1 fully saturated rings. The highest BCUT2D eigenvalue weighted by molar-refractivity contribution is 5.87. The van der Waals surface area contributed by atoms with E-state index in [2.05, 4.69) is 0 Å². The van der Waals surface area contributed by atoms with Crippen LogP contribution in [0.2, 0.25) is 0 Å². The molecule has 1 heterocycles. The predicted octanol–water partition coefficient (Wildman–Crippen LogP) is 1.18. The highest BCUT2D eigenvalue weighted by atomic mass is 16.7. The monoisotopic (exact) mass is 594 g/mol. The Labute approximate surface area is 239 Å². The first kappa shape index (κ1) is 33.4. The van der Waals surface area contributed by atoms with E-state index in [0.29, 0.717) is 5.56 Å². The Morgan fingerprint density at radius 1 is 0.667 bits per heavy atom. The van der Waals surface area contributed by atoms with Crippen LogP contribution in [0.15, 0.2) is 24.3 Å². The van der Waals surface area contributed by atoms with E-state index in [1.54, 1.807) is 0 Å².